The van der Waals surface area contributed by atoms with Crippen molar-refractivity contribution in [1.29, 1.82) is 0 Å². The van der Waals surface area contributed by atoms with E-state index in [1.165, 1.54) is 0 Å². The van der Waals surface area contributed by atoms with Crippen LogP contribution in [0.2, 0.25) is 5.02 Å². The van der Waals surface area contributed by atoms with E-state index in [2.05, 4.69) is 20.2 Å². The van der Waals surface area contributed by atoms with Crippen LogP contribution in [-0.4, -0.2) is 29.3 Å². The second kappa shape index (κ2) is 5.38. The third-order valence-electron chi connectivity index (χ3n) is 3.11. The predicted molar refractivity (Wildman–Crippen MR) is 76.8 cm³/mol. The van der Waals surface area contributed by atoms with Gasteiger partial charge in [-0.1, -0.05) is 11.6 Å². The number of aryl methyl sites for hydroxylation is 3. The Balaban J connectivity index is 1.95. The molecule has 3 aromatic rings. The maximum atomic E-state index is 5.96. The molecule has 0 saturated heterocycles. The van der Waals surface area contributed by atoms with Crippen molar-refractivity contribution >= 4 is 34.4 Å². The van der Waals surface area contributed by atoms with Crippen LogP contribution in [0.4, 0.5) is 0 Å². The normalized spacial score (nSPS) is 11.3. The smallest absolute Gasteiger partial charge is 0.160 e. The van der Waals surface area contributed by atoms with E-state index in [4.69, 9.17) is 23.2 Å². The minimum atomic E-state index is 0.326. The average Bonchev–Trinajstić information content (AvgIpc) is 2.99. The van der Waals surface area contributed by atoms with E-state index in [0.29, 0.717) is 17.4 Å². The van der Waals surface area contributed by atoms with Gasteiger partial charge >= 0.3 is 0 Å². The van der Waals surface area contributed by atoms with Crippen LogP contribution in [-0.2, 0) is 25.9 Å². The van der Waals surface area contributed by atoms with Gasteiger partial charge in [0, 0.05) is 26.2 Å². The number of alkyl halides is 1. The number of fused-ring (bicyclic) bond motifs is 1. The second-order valence-electron chi connectivity index (χ2n) is 4.42. The largest absolute Gasteiger partial charge is 0.321 e. The lowest BCUT2D eigenvalue weighted by Crippen LogP contribution is -2.08. The zero-order valence-corrected chi connectivity index (χ0v) is 12.3. The van der Waals surface area contributed by atoms with Crippen molar-refractivity contribution in [3.8, 4) is 0 Å². The molecule has 0 unspecified atom stereocenters. The number of hydrogen-bond acceptors (Lipinski definition) is 4. The molecule has 0 aliphatic rings. The molecule has 0 aliphatic carbocycles. The molecule has 3 rings (SSSR count). The fourth-order valence-electron chi connectivity index (χ4n) is 2.12. The molecular formula is C12H12Cl2N6. The number of hydrogen-bond donors (Lipinski definition) is 0. The summed E-state index contributed by atoms with van der Waals surface area (Å²) in [5, 5.41) is 8.50. The van der Waals surface area contributed by atoms with Crippen LogP contribution < -0.4 is 0 Å². The Morgan fingerprint density at radius 2 is 2.15 bits per heavy atom. The summed E-state index contributed by atoms with van der Waals surface area (Å²) < 4.78 is 3.89. The Hall–Kier alpha value is -1.66. The Kier molecular flexibility index (Phi) is 3.58. The molecule has 0 bridgehead atoms. The molecule has 0 N–H and O–H groups in total. The van der Waals surface area contributed by atoms with Gasteiger partial charge < -0.3 is 9.13 Å². The first-order valence-corrected chi connectivity index (χ1v) is 7.00. The Morgan fingerprint density at radius 1 is 1.30 bits per heavy atom. The molecule has 0 spiro atoms. The topological polar surface area (TPSA) is 61.4 Å². The minimum Gasteiger partial charge on any atom is -0.321 e. The molecule has 3 aromatic heterocycles. The molecule has 8 heteroatoms. The van der Waals surface area contributed by atoms with Crippen molar-refractivity contribution in [2.24, 2.45) is 7.05 Å². The summed E-state index contributed by atoms with van der Waals surface area (Å²) >= 11 is 11.9. The van der Waals surface area contributed by atoms with Crippen molar-refractivity contribution in [2.45, 2.75) is 18.8 Å². The van der Waals surface area contributed by atoms with Gasteiger partial charge in [-0.2, -0.15) is 0 Å². The quantitative estimate of drug-likeness (QED) is 0.693. The molecule has 0 atom stereocenters. The van der Waals surface area contributed by atoms with Crippen molar-refractivity contribution in [1.82, 2.24) is 29.3 Å². The number of nitrogens with zero attached hydrogens (tertiary/aromatic N) is 6. The van der Waals surface area contributed by atoms with Crippen LogP contribution in [0.15, 0.2) is 18.6 Å². The fraction of sp³-hybridized carbons (Fsp3) is 0.333. The molecule has 0 aromatic carbocycles. The number of pyridine rings is 1. The molecular weight excluding hydrogens is 299 g/mol. The van der Waals surface area contributed by atoms with Gasteiger partial charge in [-0.15, -0.1) is 21.8 Å². The van der Waals surface area contributed by atoms with E-state index in [-0.39, 0.29) is 0 Å². The van der Waals surface area contributed by atoms with Crippen LogP contribution in [0.25, 0.3) is 11.2 Å². The van der Waals surface area contributed by atoms with Crippen molar-refractivity contribution in [3.63, 3.8) is 0 Å². The zero-order chi connectivity index (χ0) is 14.1. The van der Waals surface area contributed by atoms with Gasteiger partial charge in [-0.25, -0.2) is 9.97 Å². The van der Waals surface area contributed by atoms with Crippen LogP contribution in [0.5, 0.6) is 0 Å². The Morgan fingerprint density at radius 3 is 2.85 bits per heavy atom. The van der Waals surface area contributed by atoms with E-state index in [0.717, 1.165) is 29.2 Å². The van der Waals surface area contributed by atoms with E-state index in [9.17, 15) is 0 Å². The zero-order valence-electron chi connectivity index (χ0n) is 10.8. The number of rotatable bonds is 4. The standard InChI is InChI=1S/C12H12Cl2N6/c1-19-7-16-18-10(19)2-3-20-11(5-13)17-9-4-8(14)6-15-12(9)20/h4,6-7H,2-3,5H2,1H3. The molecule has 0 radical (unpaired) electrons. The number of halogens is 2. The third kappa shape index (κ3) is 2.36. The monoisotopic (exact) mass is 310 g/mol. The predicted octanol–water partition coefficient (Wildman–Crippen LogP) is 2.19. The van der Waals surface area contributed by atoms with Gasteiger partial charge in [-0.3, -0.25) is 0 Å². The number of imidazole rings is 1. The molecule has 6 nitrogen and oxygen atoms in total. The van der Waals surface area contributed by atoms with Gasteiger partial charge in [-0.05, 0) is 6.07 Å². The van der Waals surface area contributed by atoms with Crippen molar-refractivity contribution < 1.29 is 0 Å². The lowest BCUT2D eigenvalue weighted by Gasteiger charge is -2.06. The summed E-state index contributed by atoms with van der Waals surface area (Å²) in [5.74, 6) is 2.01. The maximum Gasteiger partial charge on any atom is 0.160 e. The summed E-state index contributed by atoms with van der Waals surface area (Å²) in [6, 6.07) is 1.79. The molecule has 0 amide bonds. The first-order chi connectivity index (χ1) is 9.69. The highest BCUT2D eigenvalue weighted by Gasteiger charge is 2.12. The van der Waals surface area contributed by atoms with Crippen LogP contribution in [0, 0.1) is 0 Å². The van der Waals surface area contributed by atoms with E-state index >= 15 is 0 Å². The second-order valence-corrected chi connectivity index (χ2v) is 5.12. The van der Waals surface area contributed by atoms with E-state index in [1.807, 2.05) is 16.2 Å². The first-order valence-electron chi connectivity index (χ1n) is 6.08. The lowest BCUT2D eigenvalue weighted by atomic mass is 10.4. The SMILES string of the molecule is Cn1cnnc1CCn1c(CCl)nc2cc(Cl)cnc21. The third-order valence-corrected chi connectivity index (χ3v) is 3.56. The molecule has 0 aliphatic heterocycles. The van der Waals surface area contributed by atoms with Crippen molar-refractivity contribution in [3.05, 3.63) is 35.3 Å². The van der Waals surface area contributed by atoms with Gasteiger partial charge in [0.2, 0.25) is 0 Å². The highest BCUT2D eigenvalue weighted by atomic mass is 35.5. The molecule has 0 fully saturated rings. The summed E-state index contributed by atoms with van der Waals surface area (Å²) in [5.41, 5.74) is 1.54. The van der Waals surface area contributed by atoms with Gasteiger partial charge in [0.25, 0.3) is 0 Å². The van der Waals surface area contributed by atoms with Crippen LogP contribution in [0.1, 0.15) is 11.6 Å². The molecule has 0 saturated carbocycles. The Labute approximate surface area is 125 Å². The first kappa shape index (κ1) is 13.3. The summed E-state index contributed by atoms with van der Waals surface area (Å²) in [6.45, 7) is 0.694. The van der Waals surface area contributed by atoms with Gasteiger partial charge in [0.15, 0.2) is 5.65 Å². The van der Waals surface area contributed by atoms with Crippen molar-refractivity contribution in [2.75, 3.05) is 0 Å². The molecule has 104 valence electrons. The maximum absolute atomic E-state index is 5.96. The Bertz CT molecular complexity index is 748. The molecule has 20 heavy (non-hydrogen) atoms. The van der Waals surface area contributed by atoms with Gasteiger partial charge in [0.05, 0.1) is 10.9 Å². The van der Waals surface area contributed by atoms with Crippen LogP contribution >= 0.6 is 23.2 Å². The minimum absolute atomic E-state index is 0.326. The highest BCUT2D eigenvalue weighted by Crippen LogP contribution is 2.19. The molecule has 3 heterocycles. The summed E-state index contributed by atoms with van der Waals surface area (Å²) in [7, 11) is 1.92. The van der Waals surface area contributed by atoms with Gasteiger partial charge in [0.1, 0.15) is 23.5 Å². The highest BCUT2D eigenvalue weighted by molar-refractivity contribution is 6.31. The van der Waals surface area contributed by atoms with Crippen LogP contribution in [0.3, 0.4) is 0 Å². The average molecular weight is 311 g/mol. The van der Waals surface area contributed by atoms with E-state index in [1.54, 1.807) is 18.6 Å². The number of aromatic nitrogens is 6. The summed E-state index contributed by atoms with van der Waals surface area (Å²) in [4.78, 5) is 8.79. The summed E-state index contributed by atoms with van der Waals surface area (Å²) in [6.07, 6.45) is 4.03. The fourth-order valence-corrected chi connectivity index (χ4v) is 2.47. The lowest BCUT2D eigenvalue weighted by molar-refractivity contribution is 0.641. The van der Waals surface area contributed by atoms with E-state index < -0.39 is 0 Å².